The Kier molecular flexibility index (Phi) is 4.88. The third-order valence-electron chi connectivity index (χ3n) is 1.56. The molecule has 0 unspecified atom stereocenters. The van der Waals surface area contributed by atoms with Gasteiger partial charge in [0, 0.05) is 11.5 Å². The Bertz CT molecular complexity index is 198. The average molecular weight is 182 g/mol. The maximum absolute atomic E-state index is 8.55. The van der Waals surface area contributed by atoms with Crippen molar-refractivity contribution >= 4 is 11.8 Å². The van der Waals surface area contributed by atoms with Crippen molar-refractivity contribution < 1.29 is 5.11 Å². The number of benzene rings is 1. The molecule has 0 heterocycles. The monoisotopic (exact) mass is 182 g/mol. The van der Waals surface area contributed by atoms with Gasteiger partial charge in [0.2, 0.25) is 0 Å². The molecule has 1 N–H and O–H groups in total. The van der Waals surface area contributed by atoms with E-state index in [2.05, 4.69) is 12.1 Å². The van der Waals surface area contributed by atoms with E-state index >= 15 is 0 Å². The highest BCUT2D eigenvalue weighted by Crippen LogP contribution is 2.17. The van der Waals surface area contributed by atoms with Crippen LogP contribution in [0.25, 0.3) is 0 Å². The molecule has 66 valence electrons. The van der Waals surface area contributed by atoms with Crippen molar-refractivity contribution in [3.8, 4) is 0 Å². The zero-order valence-corrected chi connectivity index (χ0v) is 7.89. The molecular weight excluding hydrogens is 168 g/mol. The minimum absolute atomic E-state index is 0.315. The lowest BCUT2D eigenvalue weighted by atomic mass is 10.4. The van der Waals surface area contributed by atoms with Crippen LogP contribution in [0.5, 0.6) is 0 Å². The molecule has 1 nitrogen and oxygen atoms in total. The van der Waals surface area contributed by atoms with Crippen molar-refractivity contribution in [1.82, 2.24) is 0 Å². The fourth-order valence-corrected chi connectivity index (χ4v) is 1.85. The van der Waals surface area contributed by atoms with Crippen molar-refractivity contribution in [1.29, 1.82) is 0 Å². The molecular formula is C10H14OS. The third kappa shape index (κ3) is 3.79. The summed E-state index contributed by atoms with van der Waals surface area (Å²) >= 11 is 1.85. The minimum atomic E-state index is 0.315. The van der Waals surface area contributed by atoms with Gasteiger partial charge in [0.15, 0.2) is 0 Å². The molecule has 0 aromatic heterocycles. The van der Waals surface area contributed by atoms with E-state index in [1.807, 2.05) is 30.0 Å². The highest BCUT2D eigenvalue weighted by molar-refractivity contribution is 7.99. The summed E-state index contributed by atoms with van der Waals surface area (Å²) in [6.45, 7) is 0.315. The summed E-state index contributed by atoms with van der Waals surface area (Å²) in [5, 5.41) is 8.55. The first-order valence-corrected chi connectivity index (χ1v) is 5.21. The highest BCUT2D eigenvalue weighted by atomic mass is 32.2. The molecule has 1 aromatic carbocycles. The van der Waals surface area contributed by atoms with Crippen LogP contribution in [0.4, 0.5) is 0 Å². The standard InChI is InChI=1S/C10H14OS/c11-8-4-5-9-12-10-6-2-1-3-7-10/h1-3,6-7,11H,4-5,8-9H2. The third-order valence-corrected chi connectivity index (χ3v) is 2.66. The molecule has 1 aromatic rings. The van der Waals surface area contributed by atoms with Crippen LogP contribution in [0.1, 0.15) is 12.8 Å². The van der Waals surface area contributed by atoms with Crippen LogP contribution < -0.4 is 0 Å². The van der Waals surface area contributed by atoms with E-state index in [1.165, 1.54) is 4.90 Å². The minimum Gasteiger partial charge on any atom is -0.396 e. The van der Waals surface area contributed by atoms with Crippen LogP contribution in [0, 0.1) is 0 Å². The fourth-order valence-electron chi connectivity index (χ4n) is 0.921. The van der Waals surface area contributed by atoms with Crippen LogP contribution in [0.3, 0.4) is 0 Å². The maximum atomic E-state index is 8.55. The van der Waals surface area contributed by atoms with Crippen LogP contribution in [-0.4, -0.2) is 17.5 Å². The van der Waals surface area contributed by atoms with Gasteiger partial charge >= 0.3 is 0 Å². The number of thioether (sulfide) groups is 1. The van der Waals surface area contributed by atoms with Gasteiger partial charge in [0.1, 0.15) is 0 Å². The second kappa shape index (κ2) is 6.09. The summed E-state index contributed by atoms with van der Waals surface area (Å²) in [5.41, 5.74) is 0. The average Bonchev–Trinajstić information content (AvgIpc) is 2.14. The molecule has 0 fully saturated rings. The number of aliphatic hydroxyl groups is 1. The second-order valence-corrected chi connectivity index (χ2v) is 3.76. The van der Waals surface area contributed by atoms with Gasteiger partial charge < -0.3 is 5.11 Å². The first-order valence-electron chi connectivity index (χ1n) is 4.22. The number of aliphatic hydroxyl groups excluding tert-OH is 1. The summed E-state index contributed by atoms with van der Waals surface area (Å²) < 4.78 is 0. The Labute approximate surface area is 77.8 Å². The summed E-state index contributed by atoms with van der Waals surface area (Å²) in [6, 6.07) is 10.4. The first kappa shape index (κ1) is 9.62. The van der Waals surface area contributed by atoms with Crippen molar-refractivity contribution in [3.63, 3.8) is 0 Å². The van der Waals surface area contributed by atoms with E-state index in [-0.39, 0.29) is 0 Å². The van der Waals surface area contributed by atoms with Crippen molar-refractivity contribution in [2.45, 2.75) is 17.7 Å². The van der Waals surface area contributed by atoms with Crippen LogP contribution in [0.2, 0.25) is 0 Å². The van der Waals surface area contributed by atoms with Gasteiger partial charge in [-0.2, -0.15) is 0 Å². The van der Waals surface area contributed by atoms with E-state index in [4.69, 9.17) is 5.11 Å². The molecule has 2 heteroatoms. The molecule has 0 aliphatic heterocycles. The summed E-state index contributed by atoms with van der Waals surface area (Å²) in [4.78, 5) is 1.32. The number of unbranched alkanes of at least 4 members (excludes halogenated alkanes) is 1. The molecule has 0 radical (unpaired) electrons. The first-order chi connectivity index (χ1) is 5.93. The second-order valence-electron chi connectivity index (χ2n) is 2.59. The van der Waals surface area contributed by atoms with Crippen LogP contribution in [0.15, 0.2) is 35.2 Å². The molecule has 0 bridgehead atoms. The van der Waals surface area contributed by atoms with Gasteiger partial charge in [-0.1, -0.05) is 18.2 Å². The number of rotatable bonds is 5. The number of hydrogen-bond donors (Lipinski definition) is 1. The van der Waals surface area contributed by atoms with E-state index in [0.717, 1.165) is 18.6 Å². The van der Waals surface area contributed by atoms with Crippen molar-refractivity contribution in [2.75, 3.05) is 12.4 Å². The largest absolute Gasteiger partial charge is 0.396 e. The molecule has 12 heavy (non-hydrogen) atoms. The lowest BCUT2D eigenvalue weighted by Crippen LogP contribution is -1.84. The Morgan fingerprint density at radius 1 is 1.08 bits per heavy atom. The van der Waals surface area contributed by atoms with Crippen molar-refractivity contribution in [3.05, 3.63) is 30.3 Å². The Hall–Kier alpha value is -0.470. The SMILES string of the molecule is OCCCCSc1ccccc1. The predicted molar refractivity (Wildman–Crippen MR) is 53.5 cm³/mol. The van der Waals surface area contributed by atoms with Crippen LogP contribution in [-0.2, 0) is 0 Å². The molecule has 0 amide bonds. The summed E-state index contributed by atoms with van der Waals surface area (Å²) in [5.74, 6) is 1.10. The lowest BCUT2D eigenvalue weighted by Gasteiger charge is -1.99. The summed E-state index contributed by atoms with van der Waals surface area (Å²) in [7, 11) is 0. The topological polar surface area (TPSA) is 20.2 Å². The molecule has 0 aliphatic carbocycles. The molecule has 0 saturated carbocycles. The zero-order valence-electron chi connectivity index (χ0n) is 7.07. The van der Waals surface area contributed by atoms with Gasteiger partial charge in [0.25, 0.3) is 0 Å². The normalized spacial score (nSPS) is 10.1. The zero-order chi connectivity index (χ0) is 8.65. The van der Waals surface area contributed by atoms with E-state index in [0.29, 0.717) is 6.61 Å². The smallest absolute Gasteiger partial charge is 0.0431 e. The Morgan fingerprint density at radius 2 is 1.83 bits per heavy atom. The van der Waals surface area contributed by atoms with E-state index in [9.17, 15) is 0 Å². The molecule has 0 aliphatic rings. The van der Waals surface area contributed by atoms with Gasteiger partial charge in [0.05, 0.1) is 0 Å². The van der Waals surface area contributed by atoms with Crippen LogP contribution >= 0.6 is 11.8 Å². The lowest BCUT2D eigenvalue weighted by molar-refractivity contribution is 0.287. The van der Waals surface area contributed by atoms with Gasteiger partial charge in [-0.25, -0.2) is 0 Å². The quantitative estimate of drug-likeness (QED) is 0.558. The summed E-state index contributed by atoms with van der Waals surface area (Å²) in [6.07, 6.45) is 2.01. The molecule has 0 atom stereocenters. The molecule has 0 saturated heterocycles. The predicted octanol–water partition coefficient (Wildman–Crippen LogP) is 2.55. The Morgan fingerprint density at radius 3 is 2.50 bits per heavy atom. The van der Waals surface area contributed by atoms with Gasteiger partial charge in [-0.05, 0) is 30.7 Å². The fraction of sp³-hybridized carbons (Fsp3) is 0.400. The number of hydrogen-bond acceptors (Lipinski definition) is 2. The Balaban J connectivity index is 2.16. The van der Waals surface area contributed by atoms with E-state index in [1.54, 1.807) is 0 Å². The molecule has 1 rings (SSSR count). The van der Waals surface area contributed by atoms with Gasteiger partial charge in [-0.3, -0.25) is 0 Å². The van der Waals surface area contributed by atoms with Gasteiger partial charge in [-0.15, -0.1) is 11.8 Å². The van der Waals surface area contributed by atoms with Crippen molar-refractivity contribution in [2.24, 2.45) is 0 Å². The highest BCUT2D eigenvalue weighted by Gasteiger charge is 1.91. The van der Waals surface area contributed by atoms with E-state index < -0.39 is 0 Å². The maximum Gasteiger partial charge on any atom is 0.0431 e. The molecule has 0 spiro atoms.